The summed E-state index contributed by atoms with van der Waals surface area (Å²) in [6.45, 7) is 7.42. The van der Waals surface area contributed by atoms with Crippen LogP contribution in [0.15, 0.2) is 60.9 Å². The molecule has 0 saturated carbocycles. The highest BCUT2D eigenvalue weighted by molar-refractivity contribution is 6.10. The van der Waals surface area contributed by atoms with E-state index in [4.69, 9.17) is 4.74 Å². The number of nitrogens with one attached hydrogen (secondary N) is 1. The van der Waals surface area contributed by atoms with Crippen LogP contribution in [0, 0.1) is 12.8 Å². The van der Waals surface area contributed by atoms with Gasteiger partial charge in [-0.3, -0.25) is 14.7 Å². The maximum Gasteiger partial charge on any atom is 0.418 e. The molecule has 2 aromatic heterocycles. The summed E-state index contributed by atoms with van der Waals surface area (Å²) < 4.78 is 48.6. The van der Waals surface area contributed by atoms with E-state index in [-0.39, 0.29) is 17.3 Å². The second-order valence-corrected chi connectivity index (χ2v) is 10.4. The van der Waals surface area contributed by atoms with Crippen LogP contribution < -0.4 is 19.9 Å². The van der Waals surface area contributed by atoms with Crippen LogP contribution in [0.1, 0.15) is 25.0 Å². The Balaban J connectivity index is 1.70. The van der Waals surface area contributed by atoms with Crippen molar-refractivity contribution in [3.05, 3.63) is 72.1 Å². The van der Waals surface area contributed by atoms with Gasteiger partial charge in [-0.25, -0.2) is 4.98 Å². The SMILES string of the molecule is COc1ccc(-c2ccc3ncc(C)c(N(C(=O)C(C)C)c4ccc(N5CCNCC5)c(C(F)(F)F)c4)c3c2)cn1. The number of carbonyl (C=O) groups is 1. The molecular formula is C31H32F3N5O2. The van der Waals surface area contributed by atoms with Gasteiger partial charge in [0.2, 0.25) is 11.8 Å². The molecule has 10 heteroatoms. The van der Waals surface area contributed by atoms with Crippen molar-refractivity contribution in [1.29, 1.82) is 0 Å². The Labute approximate surface area is 237 Å². The summed E-state index contributed by atoms with van der Waals surface area (Å²) in [5.41, 5.74) is 2.93. The van der Waals surface area contributed by atoms with Crippen LogP contribution in [0.5, 0.6) is 5.88 Å². The second-order valence-electron chi connectivity index (χ2n) is 10.4. The Morgan fingerprint density at radius 2 is 1.73 bits per heavy atom. The van der Waals surface area contributed by atoms with E-state index >= 15 is 0 Å². The standard InChI is InChI=1S/C31H32F3N5O2/c1-19(2)30(40)39(23-7-9-27(25(16-23)31(32,33)34)38-13-11-35-12-14-38)29-20(3)17-36-26-8-5-21(15-24(26)29)22-6-10-28(41-4)37-18-22/h5-10,15-19,35H,11-14H2,1-4H3. The first-order chi connectivity index (χ1) is 19.6. The number of piperazine rings is 1. The van der Waals surface area contributed by atoms with Gasteiger partial charge in [0.1, 0.15) is 0 Å². The highest BCUT2D eigenvalue weighted by Gasteiger charge is 2.37. The lowest BCUT2D eigenvalue weighted by atomic mass is 10.00. The number of nitrogens with zero attached hydrogens (tertiary/aromatic N) is 4. The minimum atomic E-state index is -4.60. The van der Waals surface area contributed by atoms with Gasteiger partial charge in [-0.05, 0) is 54.4 Å². The molecule has 0 spiro atoms. The summed E-state index contributed by atoms with van der Waals surface area (Å²) >= 11 is 0. The zero-order chi connectivity index (χ0) is 29.3. The lowest BCUT2D eigenvalue weighted by Gasteiger charge is -2.33. The van der Waals surface area contributed by atoms with Crippen LogP contribution in [-0.4, -0.2) is 49.2 Å². The summed E-state index contributed by atoms with van der Waals surface area (Å²) in [7, 11) is 1.54. The third-order valence-corrected chi connectivity index (χ3v) is 7.24. The Hall–Kier alpha value is -4.18. The first-order valence-corrected chi connectivity index (χ1v) is 13.5. The van der Waals surface area contributed by atoms with Crippen LogP contribution in [-0.2, 0) is 11.0 Å². The maximum absolute atomic E-state index is 14.5. The number of halogens is 3. The quantitative estimate of drug-likeness (QED) is 0.294. The third kappa shape index (κ3) is 5.69. The second kappa shape index (κ2) is 11.4. The number of ether oxygens (including phenoxy) is 1. The zero-order valence-corrected chi connectivity index (χ0v) is 23.4. The van der Waals surface area contributed by atoms with E-state index in [2.05, 4.69) is 15.3 Å². The molecule has 2 aromatic carbocycles. The van der Waals surface area contributed by atoms with Crippen molar-refractivity contribution in [1.82, 2.24) is 15.3 Å². The van der Waals surface area contributed by atoms with E-state index in [1.807, 2.05) is 31.2 Å². The van der Waals surface area contributed by atoms with Crippen LogP contribution in [0.2, 0.25) is 0 Å². The molecule has 1 amide bonds. The lowest BCUT2D eigenvalue weighted by molar-refractivity contribution is -0.137. The summed E-state index contributed by atoms with van der Waals surface area (Å²) in [6, 6.07) is 13.4. The van der Waals surface area contributed by atoms with Crippen molar-refractivity contribution in [2.75, 3.05) is 43.1 Å². The Kier molecular flexibility index (Phi) is 7.86. The molecule has 5 rings (SSSR count). The van der Waals surface area contributed by atoms with Gasteiger partial charge in [-0.2, -0.15) is 13.2 Å². The number of methoxy groups -OCH3 is 1. The monoisotopic (exact) mass is 563 g/mol. The number of fused-ring (bicyclic) bond motifs is 1. The van der Waals surface area contributed by atoms with Gasteiger partial charge >= 0.3 is 6.18 Å². The fourth-order valence-electron chi connectivity index (χ4n) is 5.12. The van der Waals surface area contributed by atoms with Gasteiger partial charge in [0.15, 0.2) is 0 Å². The fraction of sp³-hybridized carbons (Fsp3) is 0.323. The molecule has 41 heavy (non-hydrogen) atoms. The van der Waals surface area contributed by atoms with Crippen molar-refractivity contribution in [3.8, 4) is 17.0 Å². The number of pyridine rings is 2. The molecule has 1 fully saturated rings. The minimum Gasteiger partial charge on any atom is -0.481 e. The molecule has 1 aliphatic rings. The normalized spacial score (nSPS) is 14.0. The molecule has 1 N–H and O–H groups in total. The largest absolute Gasteiger partial charge is 0.481 e. The molecule has 0 radical (unpaired) electrons. The summed E-state index contributed by atoms with van der Waals surface area (Å²) in [5, 5.41) is 3.82. The smallest absolute Gasteiger partial charge is 0.418 e. The molecule has 0 unspecified atom stereocenters. The van der Waals surface area contributed by atoms with Crippen LogP contribution in [0.25, 0.3) is 22.0 Å². The Morgan fingerprint density at radius 1 is 1.00 bits per heavy atom. The van der Waals surface area contributed by atoms with Gasteiger partial charge in [0, 0.05) is 72.9 Å². The van der Waals surface area contributed by atoms with E-state index in [1.165, 1.54) is 11.0 Å². The highest BCUT2D eigenvalue weighted by atomic mass is 19.4. The Bertz CT molecular complexity index is 1570. The maximum atomic E-state index is 14.5. The van der Waals surface area contributed by atoms with Crippen LogP contribution in [0.4, 0.5) is 30.2 Å². The number of benzene rings is 2. The number of aryl methyl sites for hydroxylation is 1. The van der Waals surface area contributed by atoms with Gasteiger partial charge in [-0.15, -0.1) is 0 Å². The predicted molar refractivity (Wildman–Crippen MR) is 155 cm³/mol. The fourth-order valence-corrected chi connectivity index (χ4v) is 5.12. The van der Waals surface area contributed by atoms with E-state index < -0.39 is 17.7 Å². The van der Waals surface area contributed by atoms with E-state index in [9.17, 15) is 18.0 Å². The summed E-state index contributed by atoms with van der Waals surface area (Å²) in [4.78, 5) is 25.8. The van der Waals surface area contributed by atoms with Crippen molar-refractivity contribution < 1.29 is 22.7 Å². The van der Waals surface area contributed by atoms with Gasteiger partial charge in [-0.1, -0.05) is 19.9 Å². The minimum absolute atomic E-state index is 0.116. The number of anilines is 3. The molecule has 4 aromatic rings. The number of carbonyl (C=O) groups excluding carboxylic acids is 1. The zero-order valence-electron chi connectivity index (χ0n) is 23.4. The molecule has 0 atom stereocenters. The van der Waals surface area contributed by atoms with Crippen molar-refractivity contribution in [3.63, 3.8) is 0 Å². The summed E-state index contributed by atoms with van der Waals surface area (Å²) in [6.07, 6.45) is -1.27. The molecular weight excluding hydrogens is 531 g/mol. The average molecular weight is 564 g/mol. The van der Waals surface area contributed by atoms with E-state index in [0.29, 0.717) is 54.2 Å². The number of alkyl halides is 3. The molecule has 3 heterocycles. The molecule has 7 nitrogen and oxygen atoms in total. The van der Waals surface area contributed by atoms with Crippen LogP contribution in [0.3, 0.4) is 0 Å². The van der Waals surface area contributed by atoms with Crippen molar-refractivity contribution in [2.45, 2.75) is 26.9 Å². The van der Waals surface area contributed by atoms with Crippen molar-refractivity contribution >= 4 is 33.9 Å². The van der Waals surface area contributed by atoms with Gasteiger partial charge in [0.05, 0.1) is 23.9 Å². The highest BCUT2D eigenvalue weighted by Crippen LogP contribution is 2.43. The molecule has 214 valence electrons. The number of amides is 1. The first-order valence-electron chi connectivity index (χ1n) is 13.5. The number of hydrogen-bond acceptors (Lipinski definition) is 6. The van der Waals surface area contributed by atoms with Crippen LogP contribution >= 0.6 is 0 Å². The third-order valence-electron chi connectivity index (χ3n) is 7.24. The molecule has 1 aliphatic heterocycles. The van der Waals surface area contributed by atoms with Crippen molar-refractivity contribution in [2.24, 2.45) is 5.92 Å². The number of aromatic nitrogens is 2. The average Bonchev–Trinajstić information content (AvgIpc) is 2.98. The topological polar surface area (TPSA) is 70.6 Å². The van der Waals surface area contributed by atoms with E-state index in [1.54, 1.807) is 50.4 Å². The Morgan fingerprint density at radius 3 is 2.37 bits per heavy atom. The van der Waals surface area contributed by atoms with Gasteiger partial charge in [0.25, 0.3) is 0 Å². The molecule has 0 aliphatic carbocycles. The van der Waals surface area contributed by atoms with E-state index in [0.717, 1.165) is 17.2 Å². The van der Waals surface area contributed by atoms with Gasteiger partial charge < -0.3 is 15.0 Å². The molecule has 0 bridgehead atoms. The summed E-state index contributed by atoms with van der Waals surface area (Å²) in [5.74, 6) is -0.319. The predicted octanol–water partition coefficient (Wildman–Crippen LogP) is 6.36. The molecule has 1 saturated heterocycles. The first kappa shape index (κ1) is 28.4. The number of hydrogen-bond donors (Lipinski definition) is 1. The number of rotatable bonds is 6. The lowest BCUT2D eigenvalue weighted by Crippen LogP contribution is -2.44.